The molecule has 0 fully saturated rings. The van der Waals surface area contributed by atoms with Gasteiger partial charge in [-0.3, -0.25) is 20.0 Å². The van der Waals surface area contributed by atoms with E-state index >= 15 is 0 Å². The maximum atomic E-state index is 12.1. The van der Waals surface area contributed by atoms with Gasteiger partial charge in [-0.25, -0.2) is 0 Å². The van der Waals surface area contributed by atoms with Crippen LogP contribution in [0.15, 0.2) is 0 Å². The number of carbonyl (C=O) groups excluding carboxylic acids is 2. The molecule has 0 rings (SSSR count). The lowest BCUT2D eigenvalue weighted by Crippen LogP contribution is -2.49. The number of hydrazine groups is 1. The van der Waals surface area contributed by atoms with Crippen LogP contribution in [0.25, 0.3) is 0 Å². The van der Waals surface area contributed by atoms with Crippen molar-refractivity contribution in [2.75, 3.05) is 45.8 Å². The van der Waals surface area contributed by atoms with Gasteiger partial charge in [-0.05, 0) is 64.8 Å². The zero-order valence-corrected chi connectivity index (χ0v) is 19.4. The molecule has 8 nitrogen and oxygen atoms in total. The third kappa shape index (κ3) is 18.8. The van der Waals surface area contributed by atoms with Crippen LogP contribution in [0.4, 0.5) is 0 Å². The standard InChI is InChI=1S/C22H48N6O2/c1-2-3-4-5-6-7-8-13-21(29)27-28(22(30)20-24)19-12-18-26-16-10-9-15-25-17-11-14-23/h25-26H,2-20,23-24H2,1H3,(H,27,29). The van der Waals surface area contributed by atoms with Crippen molar-refractivity contribution in [3.8, 4) is 0 Å². The molecule has 0 spiro atoms. The van der Waals surface area contributed by atoms with Gasteiger partial charge in [0.2, 0.25) is 5.91 Å². The molecule has 0 aliphatic heterocycles. The molecule has 0 saturated heterocycles. The third-order valence-electron chi connectivity index (χ3n) is 4.99. The Labute approximate surface area is 184 Å². The highest BCUT2D eigenvalue weighted by Crippen LogP contribution is 2.08. The molecular formula is C22H48N6O2. The number of hydrogen-bond acceptors (Lipinski definition) is 6. The van der Waals surface area contributed by atoms with Crippen molar-refractivity contribution in [3.05, 3.63) is 0 Å². The smallest absolute Gasteiger partial charge is 0.254 e. The van der Waals surface area contributed by atoms with Crippen LogP contribution in [-0.4, -0.2) is 62.6 Å². The van der Waals surface area contributed by atoms with E-state index in [1.165, 1.54) is 37.1 Å². The van der Waals surface area contributed by atoms with E-state index in [0.29, 0.717) is 13.0 Å². The summed E-state index contributed by atoms with van der Waals surface area (Å²) >= 11 is 0. The SMILES string of the molecule is CCCCCCCCCC(=O)NN(CCCNCCCCNCCCN)C(=O)CN. The summed E-state index contributed by atoms with van der Waals surface area (Å²) in [6.07, 6.45) is 12.7. The summed E-state index contributed by atoms with van der Waals surface area (Å²) in [6.45, 7) is 7.09. The molecule has 0 unspecified atom stereocenters. The van der Waals surface area contributed by atoms with Crippen molar-refractivity contribution in [3.63, 3.8) is 0 Å². The number of unbranched alkanes of at least 4 members (excludes halogenated alkanes) is 7. The Bertz CT molecular complexity index is 409. The highest BCUT2D eigenvalue weighted by molar-refractivity contribution is 5.83. The number of hydrogen-bond donors (Lipinski definition) is 5. The molecule has 30 heavy (non-hydrogen) atoms. The quantitative estimate of drug-likeness (QED) is 0.140. The molecule has 178 valence electrons. The van der Waals surface area contributed by atoms with E-state index in [0.717, 1.165) is 71.2 Å². The fourth-order valence-corrected chi connectivity index (χ4v) is 3.14. The maximum absolute atomic E-state index is 12.1. The molecule has 0 bridgehead atoms. The second-order valence-corrected chi connectivity index (χ2v) is 7.86. The Morgan fingerprint density at radius 1 is 0.733 bits per heavy atom. The van der Waals surface area contributed by atoms with Gasteiger partial charge in [0.15, 0.2) is 0 Å². The predicted octanol–water partition coefficient (Wildman–Crippen LogP) is 1.64. The lowest BCUT2D eigenvalue weighted by molar-refractivity contribution is -0.140. The molecule has 0 aromatic carbocycles. The first-order valence-electron chi connectivity index (χ1n) is 12.1. The van der Waals surface area contributed by atoms with Crippen molar-refractivity contribution >= 4 is 11.8 Å². The molecule has 0 aromatic rings. The summed E-state index contributed by atoms with van der Waals surface area (Å²) in [5.41, 5.74) is 13.7. The topological polar surface area (TPSA) is 126 Å². The Hall–Kier alpha value is -1.22. The van der Waals surface area contributed by atoms with Gasteiger partial charge in [0.25, 0.3) is 5.91 Å². The van der Waals surface area contributed by atoms with Gasteiger partial charge < -0.3 is 22.1 Å². The highest BCUT2D eigenvalue weighted by atomic mass is 16.2. The maximum Gasteiger partial charge on any atom is 0.254 e. The van der Waals surface area contributed by atoms with Gasteiger partial charge in [0.05, 0.1) is 6.54 Å². The summed E-state index contributed by atoms with van der Waals surface area (Å²) in [7, 11) is 0. The molecule has 0 aliphatic rings. The van der Waals surface area contributed by atoms with Crippen LogP contribution in [0.5, 0.6) is 0 Å². The van der Waals surface area contributed by atoms with Crippen LogP contribution in [0.3, 0.4) is 0 Å². The number of nitrogens with two attached hydrogens (primary N) is 2. The molecule has 0 radical (unpaired) electrons. The Balaban J connectivity index is 3.77. The van der Waals surface area contributed by atoms with Gasteiger partial charge >= 0.3 is 0 Å². The van der Waals surface area contributed by atoms with E-state index in [2.05, 4.69) is 23.0 Å². The van der Waals surface area contributed by atoms with Crippen LogP contribution < -0.4 is 27.5 Å². The van der Waals surface area contributed by atoms with Crippen LogP contribution >= 0.6 is 0 Å². The van der Waals surface area contributed by atoms with Crippen molar-refractivity contribution in [1.82, 2.24) is 21.1 Å². The molecular weight excluding hydrogens is 380 g/mol. The Morgan fingerprint density at radius 3 is 1.90 bits per heavy atom. The van der Waals surface area contributed by atoms with Crippen molar-refractivity contribution in [2.45, 2.75) is 84.0 Å². The predicted molar refractivity (Wildman–Crippen MR) is 125 cm³/mol. The lowest BCUT2D eigenvalue weighted by Gasteiger charge is -2.23. The summed E-state index contributed by atoms with van der Waals surface area (Å²) < 4.78 is 0. The van der Waals surface area contributed by atoms with Crippen LogP contribution in [0.2, 0.25) is 0 Å². The number of amides is 2. The van der Waals surface area contributed by atoms with Gasteiger partial charge in [0, 0.05) is 13.0 Å². The van der Waals surface area contributed by atoms with Gasteiger partial charge in [-0.2, -0.15) is 0 Å². The highest BCUT2D eigenvalue weighted by Gasteiger charge is 2.14. The van der Waals surface area contributed by atoms with Gasteiger partial charge in [-0.15, -0.1) is 0 Å². The second-order valence-electron chi connectivity index (χ2n) is 7.86. The first kappa shape index (κ1) is 28.8. The zero-order valence-electron chi connectivity index (χ0n) is 19.4. The fourth-order valence-electron chi connectivity index (χ4n) is 3.14. The summed E-state index contributed by atoms with van der Waals surface area (Å²) in [5.74, 6) is -0.341. The molecule has 0 heterocycles. The van der Waals surface area contributed by atoms with Crippen LogP contribution in [0, 0.1) is 0 Å². The summed E-state index contributed by atoms with van der Waals surface area (Å²) in [5, 5.41) is 8.13. The van der Waals surface area contributed by atoms with E-state index < -0.39 is 0 Å². The number of nitrogens with one attached hydrogen (secondary N) is 3. The first-order valence-corrected chi connectivity index (χ1v) is 12.1. The zero-order chi connectivity index (χ0) is 22.3. The first-order chi connectivity index (χ1) is 14.7. The van der Waals surface area contributed by atoms with E-state index in [1.54, 1.807) is 0 Å². The largest absolute Gasteiger partial charge is 0.330 e. The van der Waals surface area contributed by atoms with Crippen molar-refractivity contribution < 1.29 is 9.59 Å². The molecule has 0 aromatic heterocycles. The molecule has 0 saturated carbocycles. The molecule has 7 N–H and O–H groups in total. The Kier molecular flexibility index (Phi) is 21.6. The Morgan fingerprint density at radius 2 is 1.30 bits per heavy atom. The average molecular weight is 429 g/mol. The lowest BCUT2D eigenvalue weighted by atomic mass is 10.1. The molecule has 2 amide bonds. The normalized spacial score (nSPS) is 10.9. The minimum absolute atomic E-state index is 0.0949. The van der Waals surface area contributed by atoms with Crippen LogP contribution in [-0.2, 0) is 9.59 Å². The van der Waals surface area contributed by atoms with Gasteiger partial charge in [-0.1, -0.05) is 45.4 Å². The molecule has 0 aliphatic carbocycles. The van der Waals surface area contributed by atoms with Crippen LogP contribution in [0.1, 0.15) is 84.0 Å². The summed E-state index contributed by atoms with van der Waals surface area (Å²) in [6, 6.07) is 0. The van der Waals surface area contributed by atoms with E-state index in [1.807, 2.05) is 0 Å². The van der Waals surface area contributed by atoms with Crippen molar-refractivity contribution in [1.29, 1.82) is 0 Å². The van der Waals surface area contributed by atoms with Crippen molar-refractivity contribution in [2.24, 2.45) is 11.5 Å². The average Bonchev–Trinajstić information content (AvgIpc) is 2.75. The number of rotatable bonds is 21. The van der Waals surface area contributed by atoms with Gasteiger partial charge in [0.1, 0.15) is 0 Å². The second kappa shape index (κ2) is 22.5. The van der Waals surface area contributed by atoms with E-state index in [9.17, 15) is 9.59 Å². The van der Waals surface area contributed by atoms with E-state index in [-0.39, 0.29) is 18.4 Å². The number of carbonyl (C=O) groups is 2. The molecule has 8 heteroatoms. The monoisotopic (exact) mass is 428 g/mol. The fraction of sp³-hybridized carbons (Fsp3) is 0.909. The minimum atomic E-state index is -0.244. The molecule has 0 atom stereocenters. The minimum Gasteiger partial charge on any atom is -0.330 e. The third-order valence-corrected chi connectivity index (χ3v) is 4.99. The number of nitrogens with zero attached hydrogens (tertiary/aromatic N) is 1. The van der Waals surface area contributed by atoms with E-state index in [4.69, 9.17) is 11.5 Å². The summed E-state index contributed by atoms with van der Waals surface area (Å²) in [4.78, 5) is 24.1.